The van der Waals surface area contributed by atoms with Crippen molar-refractivity contribution in [3.8, 4) is 22.7 Å². The van der Waals surface area contributed by atoms with Crippen LogP contribution in [-0.2, 0) is 11.2 Å². The van der Waals surface area contributed by atoms with Crippen LogP contribution < -0.4 is 4.74 Å². The maximum absolute atomic E-state index is 10.8. The number of nitrogens with zero attached hydrogens (tertiary/aromatic N) is 3. The molecule has 0 unspecified atom stereocenters. The molecule has 0 amide bonds. The third-order valence-corrected chi connectivity index (χ3v) is 4.39. The van der Waals surface area contributed by atoms with Gasteiger partial charge in [-0.05, 0) is 47.5 Å². The summed E-state index contributed by atoms with van der Waals surface area (Å²) in [5.41, 5.74) is 5.41. The lowest BCUT2D eigenvalue weighted by Crippen LogP contribution is -2.00. The standard InChI is InChI=1S/C21H17N3O3/c1-27-21-17(3-2-10-22-21)15-6-9-19-18(12-15)23-13-24(19)16-7-4-14(5-8-16)11-20(25)26/h2-10,12-13H,11H2,1H3,(H,25,26). The molecule has 0 saturated carbocycles. The Morgan fingerprint density at radius 3 is 2.67 bits per heavy atom. The zero-order valence-electron chi connectivity index (χ0n) is 14.7. The molecular formula is C21H17N3O3. The van der Waals surface area contributed by atoms with Crippen LogP contribution in [0.25, 0.3) is 27.8 Å². The molecule has 0 bridgehead atoms. The number of pyridine rings is 1. The first kappa shape index (κ1) is 16.8. The second-order valence-electron chi connectivity index (χ2n) is 6.12. The summed E-state index contributed by atoms with van der Waals surface area (Å²) in [5, 5.41) is 8.89. The van der Waals surface area contributed by atoms with Crippen molar-refractivity contribution in [1.29, 1.82) is 0 Å². The second kappa shape index (κ2) is 6.92. The van der Waals surface area contributed by atoms with E-state index in [-0.39, 0.29) is 6.42 Å². The monoisotopic (exact) mass is 359 g/mol. The van der Waals surface area contributed by atoms with E-state index in [1.165, 1.54) is 0 Å². The SMILES string of the molecule is COc1ncccc1-c1ccc2c(c1)ncn2-c1ccc(CC(=O)O)cc1. The fraction of sp³-hybridized carbons (Fsp3) is 0.0952. The highest BCUT2D eigenvalue weighted by molar-refractivity contribution is 5.84. The minimum Gasteiger partial charge on any atom is -0.481 e. The first-order chi connectivity index (χ1) is 13.2. The van der Waals surface area contributed by atoms with Crippen molar-refractivity contribution in [3.05, 3.63) is 72.7 Å². The normalized spacial score (nSPS) is 10.9. The van der Waals surface area contributed by atoms with E-state index in [1.54, 1.807) is 19.6 Å². The minimum atomic E-state index is -0.839. The lowest BCUT2D eigenvalue weighted by molar-refractivity contribution is -0.136. The number of aromatic nitrogens is 3. The van der Waals surface area contributed by atoms with E-state index in [9.17, 15) is 4.79 Å². The number of methoxy groups -OCH3 is 1. The predicted molar refractivity (Wildman–Crippen MR) is 102 cm³/mol. The van der Waals surface area contributed by atoms with E-state index in [0.717, 1.165) is 33.4 Å². The van der Waals surface area contributed by atoms with Gasteiger partial charge in [0.15, 0.2) is 0 Å². The number of hydrogen-bond donors (Lipinski definition) is 1. The molecular weight excluding hydrogens is 342 g/mol. The fourth-order valence-electron chi connectivity index (χ4n) is 3.11. The zero-order valence-corrected chi connectivity index (χ0v) is 14.7. The molecule has 0 aliphatic heterocycles. The summed E-state index contributed by atoms with van der Waals surface area (Å²) >= 11 is 0. The molecule has 0 radical (unpaired) electrons. The Hall–Kier alpha value is -3.67. The highest BCUT2D eigenvalue weighted by Gasteiger charge is 2.10. The number of rotatable bonds is 5. The van der Waals surface area contributed by atoms with Gasteiger partial charge in [-0.1, -0.05) is 18.2 Å². The average Bonchev–Trinajstić information content (AvgIpc) is 3.11. The van der Waals surface area contributed by atoms with Gasteiger partial charge in [0.2, 0.25) is 5.88 Å². The van der Waals surface area contributed by atoms with E-state index >= 15 is 0 Å². The van der Waals surface area contributed by atoms with Crippen molar-refractivity contribution in [2.45, 2.75) is 6.42 Å². The van der Waals surface area contributed by atoms with Crippen LogP contribution in [0.2, 0.25) is 0 Å². The average molecular weight is 359 g/mol. The zero-order chi connectivity index (χ0) is 18.8. The van der Waals surface area contributed by atoms with E-state index in [0.29, 0.717) is 5.88 Å². The summed E-state index contributed by atoms with van der Waals surface area (Å²) in [7, 11) is 1.60. The Labute approximate surface area is 155 Å². The summed E-state index contributed by atoms with van der Waals surface area (Å²) in [6.45, 7) is 0. The summed E-state index contributed by atoms with van der Waals surface area (Å²) in [4.78, 5) is 19.6. The van der Waals surface area contributed by atoms with Gasteiger partial charge in [0.1, 0.15) is 6.33 Å². The Morgan fingerprint density at radius 2 is 1.93 bits per heavy atom. The van der Waals surface area contributed by atoms with Crippen molar-refractivity contribution < 1.29 is 14.6 Å². The number of fused-ring (bicyclic) bond motifs is 1. The van der Waals surface area contributed by atoms with Gasteiger partial charge in [-0.2, -0.15) is 0 Å². The number of carboxylic acid groups (broad SMARTS) is 1. The lowest BCUT2D eigenvalue weighted by Gasteiger charge is -2.08. The van der Waals surface area contributed by atoms with E-state index in [4.69, 9.17) is 9.84 Å². The van der Waals surface area contributed by atoms with Gasteiger partial charge >= 0.3 is 5.97 Å². The maximum Gasteiger partial charge on any atom is 0.307 e. The van der Waals surface area contributed by atoms with Gasteiger partial charge in [-0.25, -0.2) is 9.97 Å². The van der Waals surface area contributed by atoms with Crippen molar-refractivity contribution in [3.63, 3.8) is 0 Å². The summed E-state index contributed by atoms with van der Waals surface area (Å²) in [6, 6.07) is 17.3. The second-order valence-corrected chi connectivity index (χ2v) is 6.12. The molecule has 6 nitrogen and oxygen atoms in total. The molecule has 0 saturated heterocycles. The van der Waals surface area contributed by atoms with Crippen molar-refractivity contribution in [1.82, 2.24) is 14.5 Å². The summed E-state index contributed by atoms with van der Waals surface area (Å²) < 4.78 is 7.32. The Kier molecular flexibility index (Phi) is 4.30. The maximum atomic E-state index is 10.8. The molecule has 0 fully saturated rings. The molecule has 2 heterocycles. The number of benzene rings is 2. The number of carboxylic acids is 1. The number of aliphatic carboxylic acids is 1. The molecule has 27 heavy (non-hydrogen) atoms. The topological polar surface area (TPSA) is 77.2 Å². The molecule has 1 N–H and O–H groups in total. The quantitative estimate of drug-likeness (QED) is 0.588. The highest BCUT2D eigenvalue weighted by Crippen LogP contribution is 2.30. The number of imidazole rings is 1. The van der Waals surface area contributed by atoms with Crippen LogP contribution in [0.15, 0.2) is 67.1 Å². The molecule has 134 valence electrons. The summed E-state index contributed by atoms with van der Waals surface area (Å²) in [5.74, 6) is -0.264. The van der Waals surface area contributed by atoms with Crippen LogP contribution in [0.4, 0.5) is 0 Å². The van der Waals surface area contributed by atoms with Crippen molar-refractivity contribution in [2.75, 3.05) is 7.11 Å². The van der Waals surface area contributed by atoms with Gasteiger partial charge in [0.25, 0.3) is 0 Å². The number of hydrogen-bond acceptors (Lipinski definition) is 4. The molecule has 4 aromatic rings. The molecule has 0 aliphatic carbocycles. The van der Waals surface area contributed by atoms with Crippen LogP contribution >= 0.6 is 0 Å². The van der Waals surface area contributed by atoms with Gasteiger partial charge < -0.3 is 9.84 Å². The minimum absolute atomic E-state index is 0.0151. The lowest BCUT2D eigenvalue weighted by atomic mass is 10.1. The van der Waals surface area contributed by atoms with Crippen LogP contribution in [0, 0.1) is 0 Å². The van der Waals surface area contributed by atoms with E-state index in [2.05, 4.69) is 9.97 Å². The predicted octanol–water partition coefficient (Wildman–Crippen LogP) is 3.72. The van der Waals surface area contributed by atoms with Crippen LogP contribution in [-0.4, -0.2) is 32.7 Å². The van der Waals surface area contributed by atoms with Crippen LogP contribution in [0.1, 0.15) is 5.56 Å². The van der Waals surface area contributed by atoms with Gasteiger partial charge in [-0.3, -0.25) is 9.36 Å². The Morgan fingerprint density at radius 1 is 1.11 bits per heavy atom. The van der Waals surface area contributed by atoms with Gasteiger partial charge in [0, 0.05) is 17.4 Å². The Bertz CT molecular complexity index is 1120. The third-order valence-electron chi connectivity index (χ3n) is 4.39. The molecule has 0 atom stereocenters. The smallest absolute Gasteiger partial charge is 0.307 e. The van der Waals surface area contributed by atoms with Gasteiger partial charge in [-0.15, -0.1) is 0 Å². The van der Waals surface area contributed by atoms with Crippen molar-refractivity contribution >= 4 is 17.0 Å². The first-order valence-electron chi connectivity index (χ1n) is 8.43. The molecule has 2 aromatic heterocycles. The summed E-state index contributed by atoms with van der Waals surface area (Å²) in [6.07, 6.45) is 3.48. The Balaban J connectivity index is 1.72. The largest absolute Gasteiger partial charge is 0.481 e. The van der Waals surface area contributed by atoms with Gasteiger partial charge in [0.05, 0.1) is 24.6 Å². The van der Waals surface area contributed by atoms with Crippen LogP contribution in [0.3, 0.4) is 0 Å². The first-order valence-corrected chi connectivity index (χ1v) is 8.43. The number of ether oxygens (including phenoxy) is 1. The van der Waals surface area contributed by atoms with E-state index in [1.807, 2.05) is 59.2 Å². The molecule has 2 aromatic carbocycles. The van der Waals surface area contributed by atoms with E-state index < -0.39 is 5.97 Å². The fourth-order valence-corrected chi connectivity index (χ4v) is 3.11. The molecule has 0 spiro atoms. The molecule has 4 rings (SSSR count). The molecule has 6 heteroatoms. The third kappa shape index (κ3) is 3.25. The molecule has 0 aliphatic rings. The highest BCUT2D eigenvalue weighted by atomic mass is 16.5. The van der Waals surface area contributed by atoms with Crippen LogP contribution in [0.5, 0.6) is 5.88 Å². The van der Waals surface area contributed by atoms with Crippen molar-refractivity contribution in [2.24, 2.45) is 0 Å². The number of carbonyl (C=O) groups is 1.